The second-order valence-corrected chi connectivity index (χ2v) is 6.03. The van der Waals surface area contributed by atoms with Crippen LogP contribution >= 0.6 is 11.6 Å². The van der Waals surface area contributed by atoms with Gasteiger partial charge in [0, 0.05) is 17.7 Å². The molecule has 120 valence electrons. The summed E-state index contributed by atoms with van der Waals surface area (Å²) in [5.41, 5.74) is 1.20. The molecule has 22 heavy (non-hydrogen) atoms. The maximum absolute atomic E-state index is 6.17. The van der Waals surface area contributed by atoms with Crippen LogP contribution in [0.15, 0.2) is 34.4 Å². The van der Waals surface area contributed by atoms with Crippen LogP contribution in [-0.2, 0) is 0 Å². The van der Waals surface area contributed by atoms with Gasteiger partial charge in [-0.05, 0) is 38.3 Å². The van der Waals surface area contributed by atoms with Crippen LogP contribution < -0.4 is 5.32 Å². The highest BCUT2D eigenvalue weighted by Gasteiger charge is 2.19. The largest absolute Gasteiger partial charge is 0.331 e. The molecule has 1 aromatic heterocycles. The fourth-order valence-electron chi connectivity index (χ4n) is 2.66. The zero-order valence-corrected chi connectivity index (χ0v) is 14.2. The summed E-state index contributed by atoms with van der Waals surface area (Å²) in [7, 11) is 0. The van der Waals surface area contributed by atoms with Crippen molar-refractivity contribution in [2.24, 2.45) is 4.99 Å². The molecule has 0 bridgehead atoms. The van der Waals surface area contributed by atoms with Gasteiger partial charge in [0.2, 0.25) is 0 Å². The van der Waals surface area contributed by atoms with E-state index in [1.165, 1.54) is 31.4 Å². The molecule has 5 heteroatoms. The van der Waals surface area contributed by atoms with Crippen molar-refractivity contribution in [3.63, 3.8) is 0 Å². The summed E-state index contributed by atoms with van der Waals surface area (Å²) in [6, 6.07) is 2.05. The fraction of sp³-hybridized carbons (Fsp3) is 0.529. The van der Waals surface area contributed by atoms with E-state index >= 15 is 0 Å². The van der Waals surface area contributed by atoms with E-state index in [0.717, 1.165) is 12.8 Å². The van der Waals surface area contributed by atoms with Crippen LogP contribution in [0.25, 0.3) is 0 Å². The van der Waals surface area contributed by atoms with Crippen molar-refractivity contribution < 1.29 is 0 Å². The Morgan fingerprint density at radius 1 is 1.50 bits per heavy atom. The second-order valence-electron chi connectivity index (χ2n) is 5.63. The minimum atomic E-state index is 0.602. The number of aliphatic imine (C=N–C) groups is 1. The van der Waals surface area contributed by atoms with E-state index in [1.807, 2.05) is 31.2 Å². The molecular formula is C17H25ClN4. The van der Waals surface area contributed by atoms with Crippen molar-refractivity contribution in [1.82, 2.24) is 15.5 Å². The maximum atomic E-state index is 6.17. The molecule has 0 amide bonds. The number of amidine groups is 1. The average Bonchev–Trinajstić information content (AvgIpc) is 3.16. The number of nitrogens with one attached hydrogen (secondary N) is 2. The summed E-state index contributed by atoms with van der Waals surface area (Å²) >= 11 is 6.17. The number of halogens is 1. The van der Waals surface area contributed by atoms with Gasteiger partial charge in [0.25, 0.3) is 0 Å². The lowest BCUT2D eigenvalue weighted by Gasteiger charge is -2.04. The molecule has 1 heterocycles. The molecule has 0 aliphatic heterocycles. The Kier molecular flexibility index (Phi) is 6.72. The number of hydrogen-bond donors (Lipinski definition) is 2. The molecule has 0 spiro atoms. The van der Waals surface area contributed by atoms with Crippen molar-refractivity contribution in [2.45, 2.75) is 58.3 Å². The van der Waals surface area contributed by atoms with Crippen molar-refractivity contribution in [1.29, 1.82) is 0 Å². The molecule has 2 N–H and O–H groups in total. The molecule has 1 aromatic rings. The first-order valence-corrected chi connectivity index (χ1v) is 8.50. The van der Waals surface area contributed by atoms with Gasteiger partial charge in [0.1, 0.15) is 11.0 Å². The smallest absolute Gasteiger partial charge is 0.175 e. The molecular weight excluding hydrogens is 296 g/mol. The van der Waals surface area contributed by atoms with Gasteiger partial charge in [0.15, 0.2) is 5.82 Å². The molecule has 0 unspecified atom stereocenters. The summed E-state index contributed by atoms with van der Waals surface area (Å²) in [5, 5.41) is 11.1. The first-order chi connectivity index (χ1) is 10.7. The topological polar surface area (TPSA) is 53.1 Å². The van der Waals surface area contributed by atoms with Gasteiger partial charge in [-0.1, -0.05) is 43.9 Å². The molecule has 1 saturated carbocycles. The van der Waals surface area contributed by atoms with Gasteiger partial charge < -0.3 is 5.32 Å². The summed E-state index contributed by atoms with van der Waals surface area (Å²) in [4.78, 5) is 4.54. The third kappa shape index (κ3) is 5.02. The number of rotatable bonds is 6. The van der Waals surface area contributed by atoms with Crippen LogP contribution in [0, 0.1) is 0 Å². The van der Waals surface area contributed by atoms with Crippen LogP contribution in [0.3, 0.4) is 0 Å². The molecule has 1 aliphatic rings. The van der Waals surface area contributed by atoms with Gasteiger partial charge in [-0.2, -0.15) is 5.10 Å². The molecule has 1 fully saturated rings. The number of hydrogen-bond acceptors (Lipinski definition) is 2. The summed E-state index contributed by atoms with van der Waals surface area (Å²) in [5.74, 6) is 2.01. The predicted molar refractivity (Wildman–Crippen MR) is 93.7 cm³/mol. The quantitative estimate of drug-likeness (QED) is 0.433. The van der Waals surface area contributed by atoms with E-state index in [2.05, 4.69) is 27.4 Å². The number of aromatic amines is 1. The van der Waals surface area contributed by atoms with Gasteiger partial charge in [-0.3, -0.25) is 5.10 Å². The summed E-state index contributed by atoms with van der Waals surface area (Å²) in [6.45, 7) is 4.07. The van der Waals surface area contributed by atoms with E-state index in [1.54, 1.807) is 0 Å². The Balaban J connectivity index is 2.08. The molecule has 1 aliphatic carbocycles. The molecule has 0 radical (unpaired) electrons. The van der Waals surface area contributed by atoms with E-state index in [-0.39, 0.29) is 0 Å². The monoisotopic (exact) mass is 320 g/mol. The fourth-order valence-corrected chi connectivity index (χ4v) is 2.87. The number of H-pyrrole nitrogens is 1. The SMILES string of the molecule is C/C=C\C(=Nc1cc(C2CCCC2)[nH]n1)N/C(Cl)=C/CCC. The number of nitrogens with zero attached hydrogens (tertiary/aromatic N) is 2. The number of unbranched alkanes of at least 4 members (excludes halogenated alkanes) is 1. The van der Waals surface area contributed by atoms with E-state index in [9.17, 15) is 0 Å². The Morgan fingerprint density at radius 3 is 2.95 bits per heavy atom. The molecule has 0 atom stereocenters. The van der Waals surface area contributed by atoms with Crippen LogP contribution in [0.4, 0.5) is 5.82 Å². The molecule has 2 rings (SSSR count). The van der Waals surface area contributed by atoms with Crippen LogP contribution in [0.1, 0.15) is 64.0 Å². The van der Waals surface area contributed by atoms with Gasteiger partial charge in [-0.15, -0.1) is 0 Å². The lowest BCUT2D eigenvalue weighted by Crippen LogP contribution is -2.17. The third-order valence-corrected chi connectivity index (χ3v) is 4.05. The van der Waals surface area contributed by atoms with Gasteiger partial charge in [0.05, 0.1) is 0 Å². The minimum Gasteiger partial charge on any atom is -0.331 e. The van der Waals surface area contributed by atoms with Crippen LogP contribution in [0.2, 0.25) is 0 Å². The summed E-state index contributed by atoms with van der Waals surface area (Å²) in [6.07, 6.45) is 12.9. The average molecular weight is 321 g/mol. The number of aromatic nitrogens is 2. The molecule has 0 aromatic carbocycles. The molecule has 0 saturated heterocycles. The standard InChI is InChI=1S/C17H25ClN4/c1-3-5-11-15(18)19-16(8-4-2)20-17-12-14(21-22-17)13-9-6-7-10-13/h4,8,11-13H,3,5-7,9-10H2,1-2H3,(H2,19,20,21,22)/b8-4-,15-11+. The van der Waals surface area contributed by atoms with Gasteiger partial charge >= 0.3 is 0 Å². The Bertz CT molecular complexity index is 551. The van der Waals surface area contributed by atoms with Crippen molar-refractivity contribution in [3.8, 4) is 0 Å². The second kappa shape index (κ2) is 8.79. The highest BCUT2D eigenvalue weighted by molar-refractivity contribution is 6.30. The Hall–Kier alpha value is -1.55. The predicted octanol–water partition coefficient (Wildman–Crippen LogP) is 5.14. The lowest BCUT2D eigenvalue weighted by molar-refractivity contribution is 0.693. The van der Waals surface area contributed by atoms with Gasteiger partial charge in [-0.25, -0.2) is 4.99 Å². The first-order valence-electron chi connectivity index (χ1n) is 8.12. The Morgan fingerprint density at radius 2 is 2.27 bits per heavy atom. The zero-order valence-electron chi connectivity index (χ0n) is 13.4. The van der Waals surface area contributed by atoms with E-state index in [0.29, 0.717) is 22.7 Å². The summed E-state index contributed by atoms with van der Waals surface area (Å²) < 4.78 is 0. The number of allylic oxidation sites excluding steroid dienone is 2. The highest BCUT2D eigenvalue weighted by atomic mass is 35.5. The van der Waals surface area contributed by atoms with Crippen LogP contribution in [0.5, 0.6) is 0 Å². The van der Waals surface area contributed by atoms with Crippen molar-refractivity contribution in [3.05, 3.63) is 35.1 Å². The molecule has 4 nitrogen and oxygen atoms in total. The van der Waals surface area contributed by atoms with E-state index in [4.69, 9.17) is 11.6 Å². The maximum Gasteiger partial charge on any atom is 0.175 e. The normalized spacial score (nSPS) is 17.6. The van der Waals surface area contributed by atoms with Crippen molar-refractivity contribution in [2.75, 3.05) is 0 Å². The minimum absolute atomic E-state index is 0.602. The first kappa shape index (κ1) is 16.8. The highest BCUT2D eigenvalue weighted by Crippen LogP contribution is 2.34. The Labute approximate surface area is 137 Å². The van der Waals surface area contributed by atoms with E-state index < -0.39 is 0 Å². The van der Waals surface area contributed by atoms with Crippen molar-refractivity contribution >= 4 is 23.3 Å². The zero-order chi connectivity index (χ0) is 15.8. The van der Waals surface area contributed by atoms with Crippen LogP contribution in [-0.4, -0.2) is 16.0 Å². The lowest BCUT2D eigenvalue weighted by atomic mass is 10.0. The third-order valence-electron chi connectivity index (χ3n) is 3.80.